The number of aromatic nitrogens is 1. The number of rotatable bonds is 4. The van der Waals surface area contributed by atoms with E-state index >= 15 is 0 Å². The molecule has 140 valence electrons. The highest BCUT2D eigenvalue weighted by Crippen LogP contribution is 2.18. The van der Waals surface area contributed by atoms with Crippen LogP contribution in [-0.4, -0.2) is 88.7 Å². The van der Waals surface area contributed by atoms with Gasteiger partial charge in [-0.25, -0.2) is 4.79 Å². The molecule has 3 rings (SSSR count). The number of nitrogens with zero attached hydrogens (tertiary/aromatic N) is 5. The molecular weight excluding hydrogens is 334 g/mol. The van der Waals surface area contributed by atoms with Gasteiger partial charge >= 0.3 is 6.03 Å². The van der Waals surface area contributed by atoms with E-state index in [0.29, 0.717) is 13.1 Å². The van der Waals surface area contributed by atoms with Crippen LogP contribution in [0.5, 0.6) is 0 Å². The molecule has 0 aromatic carbocycles. The Kier molecular flexibility index (Phi) is 5.51. The first-order valence-electron chi connectivity index (χ1n) is 8.91. The number of amides is 4. The third kappa shape index (κ3) is 3.85. The number of carbonyl (C=O) groups is 3. The lowest BCUT2D eigenvalue weighted by atomic mass is 10.1. The van der Waals surface area contributed by atoms with Gasteiger partial charge in [-0.1, -0.05) is 6.07 Å². The van der Waals surface area contributed by atoms with Gasteiger partial charge in [0.25, 0.3) is 5.91 Å². The summed E-state index contributed by atoms with van der Waals surface area (Å²) in [6.45, 7) is 3.83. The Bertz CT molecular complexity index is 681. The Labute approximate surface area is 153 Å². The smallest absolute Gasteiger partial charge is 0.326 e. The zero-order chi connectivity index (χ0) is 18.7. The van der Waals surface area contributed by atoms with E-state index in [1.807, 2.05) is 17.2 Å². The molecule has 26 heavy (non-hydrogen) atoms. The first-order valence-corrected chi connectivity index (χ1v) is 8.91. The van der Waals surface area contributed by atoms with Crippen LogP contribution in [-0.2, 0) is 16.1 Å². The summed E-state index contributed by atoms with van der Waals surface area (Å²) in [6, 6.07) is 2.94. The first kappa shape index (κ1) is 18.3. The Balaban J connectivity index is 1.54. The van der Waals surface area contributed by atoms with Crippen molar-refractivity contribution in [3.05, 3.63) is 30.1 Å². The first-order chi connectivity index (χ1) is 12.5. The maximum atomic E-state index is 12.7. The van der Waals surface area contributed by atoms with E-state index in [4.69, 9.17) is 0 Å². The van der Waals surface area contributed by atoms with Gasteiger partial charge in [0.05, 0.1) is 6.42 Å². The van der Waals surface area contributed by atoms with Crippen molar-refractivity contribution in [2.45, 2.75) is 25.4 Å². The molecule has 8 nitrogen and oxygen atoms in total. The Morgan fingerprint density at radius 1 is 1.19 bits per heavy atom. The van der Waals surface area contributed by atoms with Gasteiger partial charge in [-0.15, -0.1) is 0 Å². The number of pyridine rings is 1. The SMILES string of the molecule is CN1C(=O)C(CC(=O)N2CCCN(Cc3cccnc3)CC2)N(C)C1=O. The summed E-state index contributed by atoms with van der Waals surface area (Å²) in [6.07, 6.45) is 4.56. The Morgan fingerprint density at radius 3 is 2.65 bits per heavy atom. The zero-order valence-corrected chi connectivity index (χ0v) is 15.3. The maximum absolute atomic E-state index is 12.7. The third-order valence-corrected chi connectivity index (χ3v) is 5.11. The van der Waals surface area contributed by atoms with Gasteiger partial charge in [-0.3, -0.25) is 24.4 Å². The zero-order valence-electron chi connectivity index (χ0n) is 15.3. The quantitative estimate of drug-likeness (QED) is 0.727. The lowest BCUT2D eigenvalue weighted by molar-refractivity contribution is -0.136. The molecule has 4 amide bonds. The van der Waals surface area contributed by atoms with E-state index in [0.717, 1.165) is 36.5 Å². The van der Waals surface area contributed by atoms with Crippen molar-refractivity contribution >= 4 is 17.8 Å². The van der Waals surface area contributed by atoms with Crippen molar-refractivity contribution in [3.63, 3.8) is 0 Å². The highest BCUT2D eigenvalue weighted by Gasteiger charge is 2.42. The van der Waals surface area contributed by atoms with Crippen LogP contribution in [0, 0.1) is 0 Å². The minimum Gasteiger partial charge on any atom is -0.341 e. The number of hydrogen-bond acceptors (Lipinski definition) is 5. The van der Waals surface area contributed by atoms with Crippen molar-refractivity contribution < 1.29 is 14.4 Å². The van der Waals surface area contributed by atoms with E-state index < -0.39 is 6.04 Å². The van der Waals surface area contributed by atoms with Gasteiger partial charge < -0.3 is 9.80 Å². The van der Waals surface area contributed by atoms with Crippen molar-refractivity contribution in [1.82, 2.24) is 24.6 Å². The molecule has 0 saturated carbocycles. The standard InChI is InChI=1S/C18H25N5O3/c1-20-15(17(25)21(2)18(20)26)11-16(24)23-8-4-7-22(9-10-23)13-14-5-3-6-19-12-14/h3,5-6,12,15H,4,7-11,13H2,1-2H3. The summed E-state index contributed by atoms with van der Waals surface area (Å²) in [5, 5.41) is 0. The average molecular weight is 359 g/mol. The summed E-state index contributed by atoms with van der Waals surface area (Å²) in [4.78, 5) is 47.4. The molecule has 2 aliphatic rings. The molecule has 0 spiro atoms. The van der Waals surface area contributed by atoms with Crippen LogP contribution in [0.4, 0.5) is 4.79 Å². The second-order valence-corrected chi connectivity index (χ2v) is 6.88. The molecule has 3 heterocycles. The summed E-state index contributed by atoms with van der Waals surface area (Å²) in [5.74, 6) is -0.375. The summed E-state index contributed by atoms with van der Waals surface area (Å²) < 4.78 is 0. The molecule has 2 saturated heterocycles. The molecule has 0 bridgehead atoms. The number of carbonyl (C=O) groups excluding carboxylic acids is 3. The summed E-state index contributed by atoms with van der Waals surface area (Å²) in [7, 11) is 3.02. The van der Waals surface area contributed by atoms with Gasteiger partial charge in [-0.05, 0) is 18.1 Å². The number of urea groups is 1. The number of hydrogen-bond donors (Lipinski definition) is 0. The van der Waals surface area contributed by atoms with Crippen LogP contribution in [0.1, 0.15) is 18.4 Å². The molecular formula is C18H25N5O3. The van der Waals surface area contributed by atoms with Crippen LogP contribution in [0.15, 0.2) is 24.5 Å². The van der Waals surface area contributed by atoms with Crippen molar-refractivity contribution in [3.8, 4) is 0 Å². The molecule has 1 aromatic heterocycles. The van der Waals surface area contributed by atoms with E-state index in [-0.39, 0.29) is 24.3 Å². The molecule has 8 heteroatoms. The lowest BCUT2D eigenvalue weighted by Crippen LogP contribution is -2.41. The van der Waals surface area contributed by atoms with Crippen LogP contribution >= 0.6 is 0 Å². The normalized spacial score (nSPS) is 22.1. The van der Waals surface area contributed by atoms with Crippen LogP contribution in [0.25, 0.3) is 0 Å². The molecule has 0 N–H and O–H groups in total. The topological polar surface area (TPSA) is 77.1 Å². The number of likely N-dealkylation sites (N-methyl/N-ethyl adjacent to an activating group) is 2. The number of imide groups is 1. The largest absolute Gasteiger partial charge is 0.341 e. The third-order valence-electron chi connectivity index (χ3n) is 5.11. The van der Waals surface area contributed by atoms with E-state index in [2.05, 4.69) is 16.0 Å². The van der Waals surface area contributed by atoms with Gasteiger partial charge in [0.1, 0.15) is 6.04 Å². The van der Waals surface area contributed by atoms with Crippen molar-refractivity contribution in [1.29, 1.82) is 0 Å². The van der Waals surface area contributed by atoms with Gasteiger partial charge in [0.2, 0.25) is 5.91 Å². The lowest BCUT2D eigenvalue weighted by Gasteiger charge is -2.24. The van der Waals surface area contributed by atoms with E-state index in [9.17, 15) is 14.4 Å². The van der Waals surface area contributed by atoms with Crippen molar-refractivity contribution in [2.75, 3.05) is 40.3 Å². The molecule has 1 aromatic rings. The monoisotopic (exact) mass is 359 g/mol. The van der Waals surface area contributed by atoms with Gasteiger partial charge in [-0.2, -0.15) is 0 Å². The van der Waals surface area contributed by atoms with E-state index in [1.165, 1.54) is 11.9 Å². The Morgan fingerprint density at radius 2 is 2.00 bits per heavy atom. The summed E-state index contributed by atoms with van der Waals surface area (Å²) >= 11 is 0. The second kappa shape index (κ2) is 7.82. The van der Waals surface area contributed by atoms with Crippen LogP contribution in [0.3, 0.4) is 0 Å². The minimum atomic E-state index is -0.685. The highest BCUT2D eigenvalue weighted by atomic mass is 16.2. The summed E-state index contributed by atoms with van der Waals surface area (Å²) in [5.41, 5.74) is 1.16. The molecule has 0 aliphatic carbocycles. The fourth-order valence-corrected chi connectivity index (χ4v) is 3.50. The second-order valence-electron chi connectivity index (χ2n) is 6.88. The molecule has 2 fully saturated rings. The highest BCUT2D eigenvalue weighted by molar-refractivity contribution is 6.05. The fourth-order valence-electron chi connectivity index (χ4n) is 3.50. The Hall–Kier alpha value is -2.48. The molecule has 0 radical (unpaired) electrons. The fraction of sp³-hybridized carbons (Fsp3) is 0.556. The molecule has 1 atom stereocenters. The van der Waals surface area contributed by atoms with Gasteiger partial charge in [0.15, 0.2) is 0 Å². The maximum Gasteiger partial charge on any atom is 0.326 e. The average Bonchev–Trinajstić information content (AvgIpc) is 2.84. The van der Waals surface area contributed by atoms with Crippen LogP contribution in [0.2, 0.25) is 0 Å². The van der Waals surface area contributed by atoms with E-state index in [1.54, 1.807) is 13.2 Å². The predicted molar refractivity (Wildman–Crippen MR) is 95.0 cm³/mol. The molecule has 2 aliphatic heterocycles. The predicted octanol–water partition coefficient (Wildman–Crippen LogP) is 0.398. The van der Waals surface area contributed by atoms with Crippen molar-refractivity contribution in [2.24, 2.45) is 0 Å². The van der Waals surface area contributed by atoms with Gasteiger partial charge in [0, 0.05) is 59.2 Å². The van der Waals surface area contributed by atoms with Crippen LogP contribution < -0.4 is 0 Å². The molecule has 1 unspecified atom stereocenters. The minimum absolute atomic E-state index is 0.0496.